The van der Waals surface area contributed by atoms with Crippen LogP contribution in [0.3, 0.4) is 0 Å². The number of piperidine rings is 1. The van der Waals surface area contributed by atoms with Crippen LogP contribution in [0.5, 0.6) is 0 Å². The molecule has 0 aliphatic carbocycles. The van der Waals surface area contributed by atoms with Crippen molar-refractivity contribution in [2.75, 3.05) is 33.4 Å². The van der Waals surface area contributed by atoms with E-state index in [4.69, 9.17) is 9.47 Å². The lowest BCUT2D eigenvalue weighted by Crippen LogP contribution is -2.34. The molecule has 0 saturated carbocycles. The second kappa shape index (κ2) is 33.5. The molecule has 0 radical (unpaired) electrons. The standard InChI is InChI=1S/C43H85NO4/c1-5-8-11-13-14-15-18-23-29-40(38-48-43(46)41-33-35-44(4)36-34-41)30-24-19-16-17-20-25-32-42(45)47-37-26-31-39(27-21-10-7-3)28-22-12-9-6-2/h39-42,45H,5-38H2,1-4H3. The summed E-state index contributed by atoms with van der Waals surface area (Å²) >= 11 is 0. The van der Waals surface area contributed by atoms with Crippen molar-refractivity contribution in [1.82, 2.24) is 4.90 Å². The quantitative estimate of drug-likeness (QED) is 0.0410. The largest absolute Gasteiger partial charge is 0.465 e. The highest BCUT2D eigenvalue weighted by Gasteiger charge is 2.25. The highest BCUT2D eigenvalue weighted by molar-refractivity contribution is 5.72. The molecule has 1 heterocycles. The Balaban J connectivity index is 2.19. The summed E-state index contributed by atoms with van der Waals surface area (Å²) in [6.07, 6.45) is 37.0. The van der Waals surface area contributed by atoms with E-state index in [1.165, 1.54) is 161 Å². The molecule has 1 aliphatic heterocycles. The lowest BCUT2D eigenvalue weighted by Gasteiger charge is -2.28. The second-order valence-electron chi connectivity index (χ2n) is 15.7. The average molecular weight is 680 g/mol. The van der Waals surface area contributed by atoms with Crippen molar-refractivity contribution in [3.8, 4) is 0 Å². The van der Waals surface area contributed by atoms with Crippen LogP contribution in [-0.4, -0.2) is 55.6 Å². The van der Waals surface area contributed by atoms with Gasteiger partial charge in [0.2, 0.25) is 0 Å². The van der Waals surface area contributed by atoms with E-state index in [1.54, 1.807) is 0 Å². The van der Waals surface area contributed by atoms with E-state index in [0.717, 1.165) is 51.1 Å². The summed E-state index contributed by atoms with van der Waals surface area (Å²) in [5, 5.41) is 10.4. The van der Waals surface area contributed by atoms with Crippen LogP contribution in [-0.2, 0) is 14.3 Å². The Hall–Kier alpha value is -0.650. The Morgan fingerprint density at radius 3 is 1.52 bits per heavy atom. The Morgan fingerprint density at radius 2 is 0.979 bits per heavy atom. The van der Waals surface area contributed by atoms with Crippen molar-refractivity contribution in [2.45, 2.75) is 220 Å². The van der Waals surface area contributed by atoms with Gasteiger partial charge in [-0.05, 0) is 83.3 Å². The first kappa shape index (κ1) is 45.4. The van der Waals surface area contributed by atoms with Gasteiger partial charge in [-0.3, -0.25) is 4.79 Å². The van der Waals surface area contributed by atoms with Gasteiger partial charge in [0.05, 0.1) is 12.5 Å². The van der Waals surface area contributed by atoms with E-state index in [0.29, 0.717) is 19.1 Å². The van der Waals surface area contributed by atoms with Crippen LogP contribution in [0.15, 0.2) is 0 Å². The zero-order valence-electron chi connectivity index (χ0n) is 33.0. The molecule has 3 unspecified atom stereocenters. The van der Waals surface area contributed by atoms with Crippen molar-refractivity contribution in [2.24, 2.45) is 17.8 Å². The first-order valence-corrected chi connectivity index (χ1v) is 21.6. The number of hydrogen-bond acceptors (Lipinski definition) is 5. The maximum Gasteiger partial charge on any atom is 0.309 e. The SMILES string of the molecule is CCCCCCCCCCC(CCCCCCCCC(O)OCCCC(CCCCC)CCCCCC)COC(=O)C1CCN(C)CC1. The van der Waals surface area contributed by atoms with Gasteiger partial charge in [0.25, 0.3) is 0 Å². The molecule has 5 heteroatoms. The van der Waals surface area contributed by atoms with Gasteiger partial charge in [-0.15, -0.1) is 0 Å². The minimum absolute atomic E-state index is 0.0552. The summed E-state index contributed by atoms with van der Waals surface area (Å²) < 4.78 is 11.7. The van der Waals surface area contributed by atoms with E-state index in [-0.39, 0.29) is 11.9 Å². The maximum atomic E-state index is 12.8. The molecule has 0 spiro atoms. The number of aliphatic hydroxyl groups is 1. The molecule has 48 heavy (non-hydrogen) atoms. The number of unbranched alkanes of at least 4 members (excludes halogenated alkanes) is 17. The Kier molecular flexibility index (Phi) is 31.7. The molecule has 0 aromatic rings. The third kappa shape index (κ3) is 27.1. The molecule has 0 aromatic carbocycles. The summed E-state index contributed by atoms with van der Waals surface area (Å²) in [4.78, 5) is 15.1. The van der Waals surface area contributed by atoms with E-state index < -0.39 is 6.29 Å². The summed E-state index contributed by atoms with van der Waals surface area (Å²) in [5.74, 6) is 1.51. The Morgan fingerprint density at radius 1 is 0.583 bits per heavy atom. The lowest BCUT2D eigenvalue weighted by molar-refractivity contribution is -0.151. The Bertz CT molecular complexity index is 680. The highest BCUT2D eigenvalue weighted by atomic mass is 16.6. The van der Waals surface area contributed by atoms with Gasteiger partial charge in [-0.1, -0.05) is 162 Å². The maximum absolute atomic E-state index is 12.8. The van der Waals surface area contributed by atoms with Crippen molar-refractivity contribution >= 4 is 5.97 Å². The predicted octanol–water partition coefficient (Wildman–Crippen LogP) is 12.4. The number of rotatable bonds is 35. The second-order valence-corrected chi connectivity index (χ2v) is 15.7. The van der Waals surface area contributed by atoms with Gasteiger partial charge in [-0.2, -0.15) is 0 Å². The number of nitrogens with zero attached hydrogens (tertiary/aromatic N) is 1. The van der Waals surface area contributed by atoms with Crippen LogP contribution >= 0.6 is 0 Å². The van der Waals surface area contributed by atoms with Crippen LogP contribution in [0, 0.1) is 17.8 Å². The van der Waals surface area contributed by atoms with Crippen molar-refractivity contribution in [3.63, 3.8) is 0 Å². The number of hydrogen-bond donors (Lipinski definition) is 1. The third-order valence-corrected chi connectivity index (χ3v) is 11.0. The molecule has 5 nitrogen and oxygen atoms in total. The van der Waals surface area contributed by atoms with Crippen LogP contribution in [0.2, 0.25) is 0 Å². The van der Waals surface area contributed by atoms with Crippen LogP contribution in [0.1, 0.15) is 213 Å². The molecule has 0 aromatic heterocycles. The number of ether oxygens (including phenoxy) is 2. The van der Waals surface area contributed by atoms with Crippen molar-refractivity contribution in [3.05, 3.63) is 0 Å². The lowest BCUT2D eigenvalue weighted by atomic mass is 9.91. The van der Waals surface area contributed by atoms with Gasteiger partial charge >= 0.3 is 5.97 Å². The molecular formula is C43H85NO4. The summed E-state index contributed by atoms with van der Waals surface area (Å²) in [7, 11) is 2.14. The molecule has 1 rings (SSSR count). The first-order chi connectivity index (χ1) is 23.5. The highest BCUT2D eigenvalue weighted by Crippen LogP contribution is 2.24. The average Bonchev–Trinajstić information content (AvgIpc) is 3.09. The van der Waals surface area contributed by atoms with Crippen molar-refractivity contribution < 1.29 is 19.4 Å². The van der Waals surface area contributed by atoms with Gasteiger partial charge in [0.15, 0.2) is 6.29 Å². The smallest absolute Gasteiger partial charge is 0.309 e. The van der Waals surface area contributed by atoms with E-state index in [1.807, 2.05) is 0 Å². The fourth-order valence-corrected chi connectivity index (χ4v) is 7.55. The molecule has 1 N–H and O–H groups in total. The topological polar surface area (TPSA) is 59.0 Å². The number of esters is 1. The van der Waals surface area contributed by atoms with Crippen LogP contribution in [0.4, 0.5) is 0 Å². The van der Waals surface area contributed by atoms with E-state index in [9.17, 15) is 9.90 Å². The molecule has 1 saturated heterocycles. The molecular weight excluding hydrogens is 594 g/mol. The third-order valence-electron chi connectivity index (χ3n) is 11.0. The minimum Gasteiger partial charge on any atom is -0.465 e. The van der Waals surface area contributed by atoms with Gasteiger partial charge in [0, 0.05) is 6.61 Å². The first-order valence-electron chi connectivity index (χ1n) is 21.6. The minimum atomic E-state index is -0.595. The molecule has 3 atom stereocenters. The van der Waals surface area contributed by atoms with Gasteiger partial charge in [-0.25, -0.2) is 0 Å². The molecule has 1 fully saturated rings. The molecule has 1 aliphatic rings. The summed E-state index contributed by atoms with van der Waals surface area (Å²) in [6, 6.07) is 0. The zero-order chi connectivity index (χ0) is 34.9. The summed E-state index contributed by atoms with van der Waals surface area (Å²) in [6.45, 7) is 10.2. The Labute approximate surface area is 300 Å². The molecule has 0 bridgehead atoms. The van der Waals surface area contributed by atoms with E-state index >= 15 is 0 Å². The monoisotopic (exact) mass is 680 g/mol. The van der Waals surface area contributed by atoms with Crippen LogP contribution in [0.25, 0.3) is 0 Å². The number of likely N-dealkylation sites (tertiary alicyclic amines) is 1. The number of carbonyl (C=O) groups is 1. The summed E-state index contributed by atoms with van der Waals surface area (Å²) in [5.41, 5.74) is 0. The van der Waals surface area contributed by atoms with Crippen LogP contribution < -0.4 is 0 Å². The molecule has 0 amide bonds. The normalized spacial score (nSPS) is 16.3. The van der Waals surface area contributed by atoms with Crippen molar-refractivity contribution in [1.29, 1.82) is 0 Å². The fourth-order valence-electron chi connectivity index (χ4n) is 7.55. The predicted molar refractivity (Wildman–Crippen MR) is 206 cm³/mol. The zero-order valence-corrected chi connectivity index (χ0v) is 33.0. The van der Waals surface area contributed by atoms with E-state index in [2.05, 4.69) is 32.7 Å². The fraction of sp³-hybridized carbons (Fsp3) is 0.977. The van der Waals surface area contributed by atoms with Gasteiger partial charge < -0.3 is 19.5 Å². The number of carbonyl (C=O) groups excluding carboxylic acids is 1. The molecule has 286 valence electrons. The number of aliphatic hydroxyl groups excluding tert-OH is 1. The van der Waals surface area contributed by atoms with Gasteiger partial charge in [0.1, 0.15) is 0 Å².